The van der Waals surface area contributed by atoms with Gasteiger partial charge in [0.25, 0.3) is 5.91 Å². The minimum Gasteiger partial charge on any atom is -0.378 e. The summed E-state index contributed by atoms with van der Waals surface area (Å²) in [4.78, 5) is 18.4. The van der Waals surface area contributed by atoms with Gasteiger partial charge in [-0.2, -0.15) is 0 Å². The van der Waals surface area contributed by atoms with Crippen molar-refractivity contribution in [2.75, 3.05) is 52.0 Å². The Balaban J connectivity index is 1.90. The Kier molecular flexibility index (Phi) is 5.91. The second kappa shape index (κ2) is 7.92. The van der Waals surface area contributed by atoms with E-state index in [0.29, 0.717) is 18.8 Å². The summed E-state index contributed by atoms with van der Waals surface area (Å²) in [6.45, 7) is 3.35. The van der Waals surface area contributed by atoms with Crippen LogP contribution in [0.4, 0.5) is 5.82 Å². The quantitative estimate of drug-likeness (QED) is 0.759. The van der Waals surface area contributed by atoms with Crippen molar-refractivity contribution in [3.8, 4) is 0 Å². The maximum atomic E-state index is 12.0. The van der Waals surface area contributed by atoms with Gasteiger partial charge < -0.3 is 24.4 Å². The molecule has 1 saturated heterocycles. The van der Waals surface area contributed by atoms with Crippen LogP contribution in [0.25, 0.3) is 0 Å². The second-order valence-electron chi connectivity index (χ2n) is 4.62. The van der Waals surface area contributed by atoms with E-state index in [1.807, 2.05) is 6.07 Å². The minimum atomic E-state index is -0.450. The number of morpholine rings is 1. The van der Waals surface area contributed by atoms with Gasteiger partial charge in [0.15, 0.2) is 6.29 Å². The van der Waals surface area contributed by atoms with E-state index in [0.717, 1.165) is 18.9 Å². The first-order valence-corrected chi connectivity index (χ1v) is 6.87. The summed E-state index contributed by atoms with van der Waals surface area (Å²) in [6.07, 6.45) is 1.13. The molecule has 0 saturated carbocycles. The Morgan fingerprint density at radius 1 is 1.38 bits per heavy atom. The van der Waals surface area contributed by atoms with Crippen molar-refractivity contribution in [1.29, 1.82) is 0 Å². The predicted molar refractivity (Wildman–Crippen MR) is 77.4 cm³/mol. The summed E-state index contributed by atoms with van der Waals surface area (Å²) >= 11 is 0. The van der Waals surface area contributed by atoms with E-state index in [1.165, 1.54) is 14.2 Å². The van der Waals surface area contributed by atoms with E-state index in [9.17, 15) is 4.79 Å². The SMILES string of the molecule is COC(CNC(=O)c1ccc(N2CCOCC2)nc1)OC. The van der Waals surface area contributed by atoms with Crippen molar-refractivity contribution in [1.82, 2.24) is 10.3 Å². The Hall–Kier alpha value is -1.70. The molecular formula is C14H21N3O4. The molecule has 1 fully saturated rings. The fraction of sp³-hybridized carbons (Fsp3) is 0.571. The van der Waals surface area contributed by atoms with Crippen molar-refractivity contribution in [2.45, 2.75) is 6.29 Å². The number of aromatic nitrogens is 1. The third kappa shape index (κ3) is 4.38. The number of carbonyl (C=O) groups excluding carboxylic acids is 1. The van der Waals surface area contributed by atoms with Gasteiger partial charge in [-0.1, -0.05) is 0 Å². The molecule has 21 heavy (non-hydrogen) atoms. The van der Waals surface area contributed by atoms with E-state index < -0.39 is 6.29 Å². The van der Waals surface area contributed by atoms with Crippen LogP contribution >= 0.6 is 0 Å². The smallest absolute Gasteiger partial charge is 0.253 e. The number of nitrogens with one attached hydrogen (secondary N) is 1. The number of hydrogen-bond donors (Lipinski definition) is 1. The lowest BCUT2D eigenvalue weighted by Gasteiger charge is -2.27. The van der Waals surface area contributed by atoms with Gasteiger partial charge in [-0.15, -0.1) is 0 Å². The molecule has 0 unspecified atom stereocenters. The summed E-state index contributed by atoms with van der Waals surface area (Å²) in [7, 11) is 3.05. The van der Waals surface area contributed by atoms with Gasteiger partial charge in [0.1, 0.15) is 5.82 Å². The van der Waals surface area contributed by atoms with E-state index in [1.54, 1.807) is 12.3 Å². The van der Waals surface area contributed by atoms with Crippen LogP contribution in [0, 0.1) is 0 Å². The number of methoxy groups -OCH3 is 2. The van der Waals surface area contributed by atoms with E-state index >= 15 is 0 Å². The summed E-state index contributed by atoms with van der Waals surface area (Å²) < 4.78 is 15.3. The Morgan fingerprint density at radius 2 is 2.10 bits per heavy atom. The Bertz CT molecular complexity index is 442. The number of nitrogens with zero attached hydrogens (tertiary/aromatic N) is 2. The molecule has 0 radical (unpaired) electrons. The molecule has 1 aromatic heterocycles. The lowest BCUT2D eigenvalue weighted by Crippen LogP contribution is -2.37. The monoisotopic (exact) mass is 295 g/mol. The highest BCUT2D eigenvalue weighted by molar-refractivity contribution is 5.94. The molecule has 7 heteroatoms. The van der Waals surface area contributed by atoms with Crippen molar-refractivity contribution >= 4 is 11.7 Å². The first-order valence-electron chi connectivity index (χ1n) is 6.87. The predicted octanol–water partition coefficient (Wildman–Crippen LogP) is 0.267. The van der Waals surface area contributed by atoms with Crippen LogP contribution in [0.3, 0.4) is 0 Å². The molecule has 1 aliphatic heterocycles. The average Bonchev–Trinajstić information content (AvgIpc) is 2.56. The first kappa shape index (κ1) is 15.7. The van der Waals surface area contributed by atoms with Gasteiger partial charge in [-0.3, -0.25) is 4.79 Å². The van der Waals surface area contributed by atoms with Crippen LogP contribution in [0.5, 0.6) is 0 Å². The van der Waals surface area contributed by atoms with Crippen LogP contribution in [-0.2, 0) is 14.2 Å². The lowest BCUT2D eigenvalue weighted by molar-refractivity contribution is -0.0974. The number of rotatable bonds is 6. The second-order valence-corrected chi connectivity index (χ2v) is 4.62. The highest BCUT2D eigenvalue weighted by atomic mass is 16.7. The molecule has 0 spiro atoms. The molecule has 1 amide bonds. The summed E-state index contributed by atoms with van der Waals surface area (Å²) in [5.74, 6) is 0.664. The Morgan fingerprint density at radius 3 is 2.67 bits per heavy atom. The largest absolute Gasteiger partial charge is 0.378 e. The molecule has 0 aliphatic carbocycles. The molecule has 7 nitrogen and oxygen atoms in total. The fourth-order valence-corrected chi connectivity index (χ4v) is 2.04. The van der Waals surface area contributed by atoms with Gasteiger partial charge in [0.2, 0.25) is 0 Å². The molecular weight excluding hydrogens is 274 g/mol. The van der Waals surface area contributed by atoms with Crippen molar-refractivity contribution in [3.05, 3.63) is 23.9 Å². The molecule has 0 atom stereocenters. The van der Waals surface area contributed by atoms with Gasteiger partial charge in [0, 0.05) is 33.5 Å². The van der Waals surface area contributed by atoms with Crippen LogP contribution in [0.2, 0.25) is 0 Å². The molecule has 0 bridgehead atoms. The normalized spacial score (nSPS) is 15.3. The topological polar surface area (TPSA) is 72.9 Å². The molecule has 0 aromatic carbocycles. The maximum Gasteiger partial charge on any atom is 0.253 e. The van der Waals surface area contributed by atoms with Crippen LogP contribution in [-0.4, -0.2) is 64.2 Å². The average molecular weight is 295 g/mol. The number of carbonyl (C=O) groups is 1. The number of anilines is 1. The Labute approximate surface area is 124 Å². The molecule has 116 valence electrons. The molecule has 2 heterocycles. The van der Waals surface area contributed by atoms with Gasteiger partial charge in [0.05, 0.1) is 25.3 Å². The zero-order chi connectivity index (χ0) is 15.1. The fourth-order valence-electron chi connectivity index (χ4n) is 2.04. The van der Waals surface area contributed by atoms with Crippen LogP contribution in [0.1, 0.15) is 10.4 Å². The van der Waals surface area contributed by atoms with Crippen LogP contribution < -0.4 is 10.2 Å². The third-order valence-corrected chi connectivity index (χ3v) is 3.30. The molecule has 2 rings (SSSR count). The highest BCUT2D eigenvalue weighted by Crippen LogP contribution is 2.13. The standard InChI is InChI=1S/C14H21N3O4/c1-19-13(20-2)10-16-14(18)11-3-4-12(15-9-11)17-5-7-21-8-6-17/h3-4,9,13H,5-8,10H2,1-2H3,(H,16,18). The number of pyridine rings is 1. The molecule has 1 N–H and O–H groups in total. The van der Waals surface area contributed by atoms with Gasteiger partial charge in [-0.25, -0.2) is 4.98 Å². The van der Waals surface area contributed by atoms with Crippen molar-refractivity contribution in [3.63, 3.8) is 0 Å². The zero-order valence-electron chi connectivity index (χ0n) is 12.4. The van der Waals surface area contributed by atoms with Gasteiger partial charge >= 0.3 is 0 Å². The summed E-state index contributed by atoms with van der Waals surface area (Å²) in [6, 6.07) is 3.62. The minimum absolute atomic E-state index is 0.199. The third-order valence-electron chi connectivity index (χ3n) is 3.30. The summed E-state index contributed by atoms with van der Waals surface area (Å²) in [5, 5.41) is 2.74. The summed E-state index contributed by atoms with van der Waals surface area (Å²) in [5.41, 5.74) is 0.512. The van der Waals surface area contributed by atoms with Crippen LogP contribution in [0.15, 0.2) is 18.3 Å². The van der Waals surface area contributed by atoms with Gasteiger partial charge in [-0.05, 0) is 12.1 Å². The van der Waals surface area contributed by atoms with Crippen molar-refractivity contribution in [2.24, 2.45) is 0 Å². The van der Waals surface area contributed by atoms with E-state index in [4.69, 9.17) is 14.2 Å². The zero-order valence-corrected chi connectivity index (χ0v) is 12.4. The van der Waals surface area contributed by atoms with E-state index in [-0.39, 0.29) is 12.5 Å². The number of ether oxygens (including phenoxy) is 3. The molecule has 1 aliphatic rings. The van der Waals surface area contributed by atoms with Crippen molar-refractivity contribution < 1.29 is 19.0 Å². The lowest BCUT2D eigenvalue weighted by atomic mass is 10.2. The van der Waals surface area contributed by atoms with E-state index in [2.05, 4.69) is 15.2 Å². The first-order chi connectivity index (χ1) is 10.2. The molecule has 1 aromatic rings. The maximum absolute atomic E-state index is 12.0. The highest BCUT2D eigenvalue weighted by Gasteiger charge is 2.14. The number of amides is 1. The number of hydrogen-bond acceptors (Lipinski definition) is 6.